The molecule has 3 rings (SSSR count). The first-order chi connectivity index (χ1) is 15.1. The lowest BCUT2D eigenvalue weighted by Gasteiger charge is -2.13. The van der Waals surface area contributed by atoms with E-state index in [4.69, 9.17) is 11.6 Å². The highest BCUT2D eigenvalue weighted by Gasteiger charge is 2.33. The van der Waals surface area contributed by atoms with Gasteiger partial charge in [-0.15, -0.1) is 0 Å². The number of anilines is 4. The van der Waals surface area contributed by atoms with Crippen molar-refractivity contribution < 1.29 is 27.6 Å². The quantitative estimate of drug-likeness (QED) is 0.283. The van der Waals surface area contributed by atoms with Gasteiger partial charge >= 0.3 is 17.8 Å². The van der Waals surface area contributed by atoms with Crippen molar-refractivity contribution in [2.75, 3.05) is 17.7 Å². The zero-order valence-corrected chi connectivity index (χ0v) is 16.9. The molecule has 0 bridgehead atoms. The number of ether oxygens (including phenoxy) is 1. The van der Waals surface area contributed by atoms with Crippen LogP contribution in [0.15, 0.2) is 48.8 Å². The summed E-state index contributed by atoms with van der Waals surface area (Å²) in [6, 6.07) is 8.77. The Morgan fingerprint density at radius 3 is 2.16 bits per heavy atom. The molecule has 0 aliphatic carbocycles. The van der Waals surface area contributed by atoms with E-state index in [0.717, 1.165) is 12.4 Å². The van der Waals surface area contributed by atoms with E-state index in [-0.39, 0.29) is 22.9 Å². The van der Waals surface area contributed by atoms with Crippen LogP contribution in [0.25, 0.3) is 0 Å². The fraction of sp³-hybridized carbons (Fsp3) is 0.105. The third-order valence-corrected chi connectivity index (χ3v) is 4.44. The molecule has 0 unspecified atom stereocenters. The van der Waals surface area contributed by atoms with Gasteiger partial charge in [0.15, 0.2) is 0 Å². The SMILES string of the molecule is COC(=O)c1ccc(Nc2ncnc(Nc3ccc(Cl)c(C(F)(F)F)c3)c2[N+](=O)[O-])cc1. The van der Waals surface area contributed by atoms with E-state index < -0.39 is 33.3 Å². The maximum Gasteiger partial charge on any atom is 0.417 e. The van der Waals surface area contributed by atoms with Gasteiger partial charge in [0, 0.05) is 11.4 Å². The van der Waals surface area contributed by atoms with Crippen molar-refractivity contribution in [1.82, 2.24) is 9.97 Å². The second-order valence-corrected chi connectivity index (χ2v) is 6.60. The zero-order valence-electron chi connectivity index (χ0n) is 16.1. The molecule has 32 heavy (non-hydrogen) atoms. The molecule has 0 aliphatic heterocycles. The Balaban J connectivity index is 1.94. The number of esters is 1. The smallest absolute Gasteiger partial charge is 0.417 e. The molecule has 13 heteroatoms. The Hall–Kier alpha value is -3.93. The Labute approximate surface area is 183 Å². The maximum absolute atomic E-state index is 13.1. The van der Waals surface area contributed by atoms with Gasteiger partial charge in [-0.3, -0.25) is 10.1 Å². The zero-order chi connectivity index (χ0) is 23.5. The molecule has 0 fully saturated rings. The number of hydrogen-bond acceptors (Lipinski definition) is 8. The Morgan fingerprint density at radius 1 is 1.06 bits per heavy atom. The van der Waals surface area contributed by atoms with E-state index >= 15 is 0 Å². The van der Waals surface area contributed by atoms with Gasteiger partial charge in [-0.1, -0.05) is 11.6 Å². The van der Waals surface area contributed by atoms with Crippen LogP contribution in [0, 0.1) is 10.1 Å². The second-order valence-electron chi connectivity index (χ2n) is 6.19. The number of methoxy groups -OCH3 is 1. The molecular formula is C19H13ClF3N5O4. The Bertz CT molecular complexity index is 1170. The summed E-state index contributed by atoms with van der Waals surface area (Å²) in [7, 11) is 1.23. The molecule has 166 valence electrons. The lowest BCUT2D eigenvalue weighted by atomic mass is 10.2. The van der Waals surface area contributed by atoms with Gasteiger partial charge in [0.05, 0.1) is 28.2 Å². The summed E-state index contributed by atoms with van der Waals surface area (Å²) < 4.78 is 43.9. The van der Waals surface area contributed by atoms with Crippen LogP contribution in [0.1, 0.15) is 15.9 Å². The van der Waals surface area contributed by atoms with Gasteiger partial charge in [-0.2, -0.15) is 13.2 Å². The summed E-state index contributed by atoms with van der Waals surface area (Å²) in [4.78, 5) is 30.0. The molecule has 1 aromatic heterocycles. The molecule has 1 heterocycles. The molecular weight excluding hydrogens is 455 g/mol. The number of rotatable bonds is 6. The van der Waals surface area contributed by atoms with Gasteiger partial charge < -0.3 is 15.4 Å². The summed E-state index contributed by atoms with van der Waals surface area (Å²) in [5, 5.41) is 16.4. The summed E-state index contributed by atoms with van der Waals surface area (Å²) >= 11 is 5.60. The van der Waals surface area contributed by atoms with Crippen LogP contribution in [-0.4, -0.2) is 28.0 Å². The number of nitrogens with one attached hydrogen (secondary N) is 2. The first kappa shape index (κ1) is 22.7. The first-order valence-electron chi connectivity index (χ1n) is 8.68. The fourth-order valence-corrected chi connectivity index (χ4v) is 2.86. The monoisotopic (exact) mass is 467 g/mol. The van der Waals surface area contributed by atoms with E-state index in [1.807, 2.05) is 0 Å². The van der Waals surface area contributed by atoms with Crippen molar-refractivity contribution in [2.24, 2.45) is 0 Å². The van der Waals surface area contributed by atoms with Crippen LogP contribution in [-0.2, 0) is 10.9 Å². The first-order valence-corrected chi connectivity index (χ1v) is 9.06. The number of nitro groups is 1. The average molecular weight is 468 g/mol. The highest BCUT2D eigenvalue weighted by atomic mass is 35.5. The standard InChI is InChI=1S/C19H13ClF3N5O4/c1-32-18(29)10-2-4-11(5-3-10)26-16-15(28(30)31)17(25-9-24-16)27-12-6-7-14(20)13(8-12)19(21,22)23/h2-9H,1H3,(H2,24,25,26,27). The van der Waals surface area contributed by atoms with E-state index in [1.165, 1.54) is 37.4 Å². The number of carbonyl (C=O) groups excluding carboxylic acids is 1. The van der Waals surface area contributed by atoms with Crippen LogP contribution < -0.4 is 10.6 Å². The number of benzene rings is 2. The average Bonchev–Trinajstić information content (AvgIpc) is 2.74. The van der Waals surface area contributed by atoms with Crippen LogP contribution in [0.5, 0.6) is 0 Å². The van der Waals surface area contributed by atoms with Crippen LogP contribution in [0.4, 0.5) is 41.9 Å². The summed E-state index contributed by atoms with van der Waals surface area (Å²) in [6.45, 7) is 0. The van der Waals surface area contributed by atoms with Crippen molar-refractivity contribution >= 4 is 46.3 Å². The van der Waals surface area contributed by atoms with Gasteiger partial charge in [-0.05, 0) is 42.5 Å². The lowest BCUT2D eigenvalue weighted by molar-refractivity contribution is -0.383. The molecule has 9 nitrogen and oxygen atoms in total. The number of carbonyl (C=O) groups is 1. The minimum atomic E-state index is -4.71. The van der Waals surface area contributed by atoms with E-state index in [1.54, 1.807) is 0 Å². The van der Waals surface area contributed by atoms with Crippen LogP contribution in [0.3, 0.4) is 0 Å². The van der Waals surface area contributed by atoms with E-state index in [0.29, 0.717) is 11.8 Å². The minimum Gasteiger partial charge on any atom is -0.465 e. The molecule has 0 saturated heterocycles. The number of alkyl halides is 3. The predicted octanol–water partition coefficient (Wildman–Crippen LogP) is 5.33. The maximum atomic E-state index is 13.1. The third-order valence-electron chi connectivity index (χ3n) is 4.11. The number of halogens is 4. The van der Waals surface area contributed by atoms with Gasteiger partial charge in [0.2, 0.25) is 11.6 Å². The predicted molar refractivity (Wildman–Crippen MR) is 109 cm³/mol. The third kappa shape index (κ3) is 5.03. The van der Waals surface area contributed by atoms with E-state index in [2.05, 4.69) is 25.3 Å². The Morgan fingerprint density at radius 2 is 1.62 bits per heavy atom. The molecule has 0 saturated carbocycles. The van der Waals surface area contributed by atoms with Crippen molar-refractivity contribution in [3.8, 4) is 0 Å². The highest BCUT2D eigenvalue weighted by Crippen LogP contribution is 2.38. The van der Waals surface area contributed by atoms with Crippen molar-refractivity contribution in [3.05, 3.63) is 75.1 Å². The van der Waals surface area contributed by atoms with Crippen molar-refractivity contribution in [3.63, 3.8) is 0 Å². The Kier molecular flexibility index (Phi) is 6.44. The number of nitrogens with zero attached hydrogens (tertiary/aromatic N) is 3. The van der Waals surface area contributed by atoms with Gasteiger partial charge in [-0.25, -0.2) is 14.8 Å². The summed E-state index contributed by atoms with van der Waals surface area (Å²) in [5.41, 5.74) is -1.20. The molecule has 3 aromatic rings. The highest BCUT2D eigenvalue weighted by molar-refractivity contribution is 6.31. The second kappa shape index (κ2) is 9.06. The fourth-order valence-electron chi connectivity index (χ4n) is 2.64. The van der Waals surface area contributed by atoms with Gasteiger partial charge in [0.25, 0.3) is 0 Å². The van der Waals surface area contributed by atoms with Crippen molar-refractivity contribution in [2.45, 2.75) is 6.18 Å². The normalized spacial score (nSPS) is 11.0. The lowest BCUT2D eigenvalue weighted by Crippen LogP contribution is -2.08. The molecule has 0 aliphatic rings. The summed E-state index contributed by atoms with van der Waals surface area (Å²) in [5.74, 6) is -1.12. The van der Waals surface area contributed by atoms with Crippen LogP contribution in [0.2, 0.25) is 5.02 Å². The molecule has 0 atom stereocenters. The van der Waals surface area contributed by atoms with Crippen LogP contribution >= 0.6 is 11.6 Å². The van der Waals surface area contributed by atoms with Crippen molar-refractivity contribution in [1.29, 1.82) is 0 Å². The molecule has 0 amide bonds. The largest absolute Gasteiger partial charge is 0.465 e. The molecule has 2 aromatic carbocycles. The molecule has 2 N–H and O–H groups in total. The topological polar surface area (TPSA) is 119 Å². The summed E-state index contributed by atoms with van der Waals surface area (Å²) in [6.07, 6.45) is -3.71. The minimum absolute atomic E-state index is 0.114. The van der Waals surface area contributed by atoms with E-state index in [9.17, 15) is 28.1 Å². The van der Waals surface area contributed by atoms with Gasteiger partial charge in [0.1, 0.15) is 6.33 Å². The molecule has 0 spiro atoms. The molecule has 0 radical (unpaired) electrons. The number of aromatic nitrogens is 2. The number of hydrogen-bond donors (Lipinski definition) is 2.